The van der Waals surface area contributed by atoms with E-state index in [1.165, 1.54) is 57.1 Å². The molecule has 1 aromatic rings. The Morgan fingerprint density at radius 1 is 1.07 bits per heavy atom. The van der Waals surface area contributed by atoms with E-state index < -0.39 is 0 Å². The van der Waals surface area contributed by atoms with Crippen LogP contribution in [0.5, 0.6) is 0 Å². The van der Waals surface area contributed by atoms with Gasteiger partial charge in [-0.15, -0.1) is 0 Å². The minimum Gasteiger partial charge on any atom is -0.393 e. The summed E-state index contributed by atoms with van der Waals surface area (Å²) in [5.41, 5.74) is 2.37. The molecule has 4 aliphatic carbocycles. The molecule has 3 nitrogen and oxygen atoms in total. The molecule has 9 atom stereocenters. The number of nitrogens with one attached hydrogen (secondary N) is 1. The van der Waals surface area contributed by atoms with Gasteiger partial charge in [0.1, 0.15) is 0 Å². The molecule has 1 aromatic heterocycles. The van der Waals surface area contributed by atoms with Crippen LogP contribution in [0.3, 0.4) is 0 Å². The van der Waals surface area contributed by atoms with E-state index in [4.69, 9.17) is 0 Å². The summed E-state index contributed by atoms with van der Waals surface area (Å²) in [5.74, 6) is 5.31. The second kappa shape index (κ2) is 7.39. The van der Waals surface area contributed by atoms with Crippen LogP contribution in [0.4, 0.5) is 0 Å². The van der Waals surface area contributed by atoms with Crippen molar-refractivity contribution in [2.24, 2.45) is 46.3 Å². The number of H-pyrrole nitrogens is 1. The molecule has 0 aromatic carbocycles. The highest BCUT2D eigenvalue weighted by Gasteiger charge is 2.60. The van der Waals surface area contributed by atoms with E-state index in [2.05, 4.69) is 37.0 Å². The first-order valence-corrected chi connectivity index (χ1v) is 12.6. The van der Waals surface area contributed by atoms with Crippen molar-refractivity contribution in [3.05, 3.63) is 18.0 Å². The first kappa shape index (κ1) is 20.1. The summed E-state index contributed by atoms with van der Waals surface area (Å²) < 4.78 is 0. The zero-order valence-electron chi connectivity index (χ0n) is 18.9. The molecule has 0 bridgehead atoms. The van der Waals surface area contributed by atoms with Crippen molar-refractivity contribution in [1.29, 1.82) is 0 Å². The van der Waals surface area contributed by atoms with Crippen LogP contribution in [-0.4, -0.2) is 21.4 Å². The number of hydrogen-bond acceptors (Lipinski definition) is 2. The van der Waals surface area contributed by atoms with E-state index in [-0.39, 0.29) is 6.10 Å². The van der Waals surface area contributed by atoms with Gasteiger partial charge in [0.2, 0.25) is 0 Å². The highest BCUT2D eigenvalue weighted by atomic mass is 16.3. The molecule has 0 spiro atoms. The maximum atomic E-state index is 10.3. The molecular weight excluding hydrogens is 356 g/mol. The van der Waals surface area contributed by atoms with Gasteiger partial charge < -0.3 is 5.11 Å². The van der Waals surface area contributed by atoms with Crippen LogP contribution in [0, 0.1) is 46.3 Å². The Morgan fingerprint density at radius 2 is 1.86 bits per heavy atom. The molecule has 9 unspecified atom stereocenters. The molecule has 0 saturated heterocycles. The minimum atomic E-state index is -0.0231. The SMILES string of the molecule is CC(CCc1ccn[nH]1)C1CCC2C3CCC4CC(O)CCC4(C)C3CCC12C. The smallest absolute Gasteiger partial charge is 0.0543 e. The molecule has 0 aliphatic heterocycles. The molecule has 3 heteroatoms. The largest absolute Gasteiger partial charge is 0.393 e. The highest BCUT2D eigenvalue weighted by molar-refractivity contribution is 5.10. The third-order valence-electron chi connectivity index (χ3n) is 10.8. The van der Waals surface area contributed by atoms with Crippen molar-refractivity contribution in [3.8, 4) is 0 Å². The Kier molecular flexibility index (Phi) is 5.12. The molecule has 1 heterocycles. The standard InChI is InChI=1S/C26H42N2O/c1-17(4-6-19-12-15-27-28-19)22-8-9-23-21-7-5-18-16-20(29)10-13-25(18,2)24(21)11-14-26(22,23)3/h12,15,17-18,20-24,29H,4-11,13-14,16H2,1-3H3,(H,27,28). The molecule has 162 valence electrons. The molecule has 0 amide bonds. The topological polar surface area (TPSA) is 48.9 Å². The molecule has 5 rings (SSSR count). The van der Waals surface area contributed by atoms with Crippen LogP contribution in [0.15, 0.2) is 12.3 Å². The van der Waals surface area contributed by atoms with Crippen LogP contribution in [0.1, 0.15) is 90.7 Å². The normalized spacial score (nSPS) is 47.9. The predicted octanol–water partition coefficient (Wildman–Crippen LogP) is 6.00. The summed E-state index contributed by atoms with van der Waals surface area (Å²) in [6.07, 6.45) is 16.3. The van der Waals surface area contributed by atoms with Crippen LogP contribution in [0.25, 0.3) is 0 Å². The van der Waals surface area contributed by atoms with E-state index >= 15 is 0 Å². The van der Waals surface area contributed by atoms with Crippen LogP contribution in [0.2, 0.25) is 0 Å². The fraction of sp³-hybridized carbons (Fsp3) is 0.885. The Hall–Kier alpha value is -0.830. The van der Waals surface area contributed by atoms with Gasteiger partial charge in [0.05, 0.1) is 6.10 Å². The number of aromatic amines is 1. The van der Waals surface area contributed by atoms with Gasteiger partial charge in [-0.3, -0.25) is 5.10 Å². The summed E-state index contributed by atoms with van der Waals surface area (Å²) in [7, 11) is 0. The highest BCUT2D eigenvalue weighted by Crippen LogP contribution is 2.68. The third-order valence-corrected chi connectivity index (χ3v) is 10.8. The zero-order chi connectivity index (χ0) is 20.2. The summed E-state index contributed by atoms with van der Waals surface area (Å²) in [5, 5.41) is 17.5. The molecule has 4 aliphatic rings. The Bertz CT molecular complexity index is 702. The second-order valence-electron chi connectivity index (χ2n) is 11.9. The van der Waals surface area contributed by atoms with E-state index in [9.17, 15) is 5.11 Å². The lowest BCUT2D eigenvalue weighted by atomic mass is 9.44. The number of aliphatic hydroxyl groups excluding tert-OH is 1. The van der Waals surface area contributed by atoms with E-state index in [0.717, 1.165) is 54.8 Å². The summed E-state index contributed by atoms with van der Waals surface area (Å²) in [4.78, 5) is 0. The maximum absolute atomic E-state index is 10.3. The third kappa shape index (κ3) is 3.22. The summed E-state index contributed by atoms with van der Waals surface area (Å²) >= 11 is 0. The van der Waals surface area contributed by atoms with Crippen molar-refractivity contribution < 1.29 is 5.11 Å². The summed E-state index contributed by atoms with van der Waals surface area (Å²) in [6, 6.07) is 2.14. The number of nitrogens with zero attached hydrogens (tertiary/aromatic N) is 1. The number of fused-ring (bicyclic) bond motifs is 5. The van der Waals surface area contributed by atoms with Crippen LogP contribution in [-0.2, 0) is 6.42 Å². The van der Waals surface area contributed by atoms with Crippen molar-refractivity contribution in [3.63, 3.8) is 0 Å². The number of aromatic nitrogens is 2. The Morgan fingerprint density at radius 3 is 2.66 bits per heavy atom. The van der Waals surface area contributed by atoms with Gasteiger partial charge in [0.15, 0.2) is 0 Å². The van der Waals surface area contributed by atoms with Gasteiger partial charge in [-0.2, -0.15) is 5.10 Å². The molecule has 0 radical (unpaired) electrons. The van der Waals surface area contributed by atoms with E-state index in [1.807, 2.05) is 6.20 Å². The van der Waals surface area contributed by atoms with Gasteiger partial charge in [-0.1, -0.05) is 20.8 Å². The van der Waals surface area contributed by atoms with Crippen molar-refractivity contribution in [2.45, 2.75) is 97.5 Å². The Labute approximate surface area is 177 Å². The summed E-state index contributed by atoms with van der Waals surface area (Å²) in [6.45, 7) is 7.82. The molecule has 29 heavy (non-hydrogen) atoms. The monoisotopic (exact) mass is 398 g/mol. The fourth-order valence-corrected chi connectivity index (χ4v) is 9.22. The maximum Gasteiger partial charge on any atom is 0.0543 e. The van der Waals surface area contributed by atoms with Gasteiger partial charge >= 0.3 is 0 Å². The van der Waals surface area contributed by atoms with Crippen molar-refractivity contribution >= 4 is 0 Å². The molecule has 4 fully saturated rings. The second-order valence-corrected chi connectivity index (χ2v) is 11.9. The minimum absolute atomic E-state index is 0.0231. The number of aliphatic hydroxyl groups is 1. The van der Waals surface area contributed by atoms with Crippen molar-refractivity contribution in [1.82, 2.24) is 10.2 Å². The number of aryl methyl sites for hydroxylation is 1. The van der Waals surface area contributed by atoms with E-state index in [0.29, 0.717) is 10.8 Å². The van der Waals surface area contributed by atoms with Gasteiger partial charge in [-0.05, 0) is 123 Å². The Balaban J connectivity index is 1.30. The van der Waals surface area contributed by atoms with Crippen LogP contribution < -0.4 is 0 Å². The molecule has 2 N–H and O–H groups in total. The average molecular weight is 399 g/mol. The average Bonchev–Trinajstić information content (AvgIpc) is 3.34. The quantitative estimate of drug-likeness (QED) is 0.653. The molecular formula is C26H42N2O. The van der Waals surface area contributed by atoms with Crippen molar-refractivity contribution in [2.75, 3.05) is 0 Å². The van der Waals surface area contributed by atoms with Gasteiger partial charge in [0.25, 0.3) is 0 Å². The lowest BCUT2D eigenvalue weighted by Gasteiger charge is -2.61. The molecule has 4 saturated carbocycles. The lowest BCUT2D eigenvalue weighted by molar-refractivity contribution is -0.129. The lowest BCUT2D eigenvalue weighted by Crippen LogP contribution is -2.54. The number of hydrogen-bond donors (Lipinski definition) is 2. The van der Waals surface area contributed by atoms with Crippen LogP contribution >= 0.6 is 0 Å². The predicted molar refractivity (Wildman–Crippen MR) is 117 cm³/mol. The zero-order valence-corrected chi connectivity index (χ0v) is 18.9. The first-order valence-electron chi connectivity index (χ1n) is 12.6. The van der Waals surface area contributed by atoms with E-state index in [1.54, 1.807) is 0 Å². The first-order chi connectivity index (χ1) is 13.9. The van der Waals surface area contributed by atoms with Gasteiger partial charge in [0, 0.05) is 11.9 Å². The fourth-order valence-electron chi connectivity index (χ4n) is 9.22. The number of rotatable bonds is 4. The van der Waals surface area contributed by atoms with Gasteiger partial charge in [-0.25, -0.2) is 0 Å².